The first kappa shape index (κ1) is 14.5. The second kappa shape index (κ2) is 6.15. The summed E-state index contributed by atoms with van der Waals surface area (Å²) in [5.41, 5.74) is 10.6. The number of azide groups is 1. The molecule has 0 N–H and O–H groups in total. The van der Waals surface area contributed by atoms with Gasteiger partial charge in [-0.2, -0.15) is 0 Å². The summed E-state index contributed by atoms with van der Waals surface area (Å²) in [6.07, 6.45) is 0. The minimum atomic E-state index is -1.37. The van der Waals surface area contributed by atoms with Crippen LogP contribution in [0.3, 0.4) is 0 Å². The van der Waals surface area contributed by atoms with E-state index >= 15 is 0 Å². The zero-order valence-electron chi connectivity index (χ0n) is 9.88. The summed E-state index contributed by atoms with van der Waals surface area (Å²) < 4.78 is 3.95. The molecular weight excluding hydrogens is 378 g/mol. The molecule has 0 aromatic heterocycles. The third-order valence-corrected chi connectivity index (χ3v) is 22.7. The van der Waals surface area contributed by atoms with Gasteiger partial charge in [0.05, 0.1) is 0 Å². The number of rotatable bonds is 5. The van der Waals surface area contributed by atoms with Crippen LogP contribution >= 0.6 is 5.15 Å². The van der Waals surface area contributed by atoms with Crippen LogP contribution in [0.15, 0.2) is 3.52 Å². The van der Waals surface area contributed by atoms with E-state index in [1.54, 1.807) is 0 Å². The van der Waals surface area contributed by atoms with Gasteiger partial charge >= 0.3 is 97.1 Å². The van der Waals surface area contributed by atoms with E-state index in [0.717, 1.165) is 17.0 Å². The van der Waals surface area contributed by atoms with E-state index in [-0.39, 0.29) is 19.5 Å². The van der Waals surface area contributed by atoms with Crippen LogP contribution in [-0.2, 0) is 19.5 Å². The SMILES string of the molecule is CC(C)[PH]([Au][N]=[N+]=[N-])(C(C)C)C(C)C. The first-order valence-electron chi connectivity index (χ1n) is 5.02. The van der Waals surface area contributed by atoms with Crippen molar-refractivity contribution in [2.45, 2.75) is 58.5 Å². The molecule has 0 heterocycles. The number of hydrogen-bond acceptors (Lipinski definition) is 1. The van der Waals surface area contributed by atoms with Gasteiger partial charge < -0.3 is 0 Å². The topological polar surface area (TPSA) is 48.8 Å². The molecule has 14 heavy (non-hydrogen) atoms. The molecular formula is C9H22AuN3P. The molecule has 0 fully saturated rings. The van der Waals surface area contributed by atoms with Crippen molar-refractivity contribution in [1.29, 1.82) is 0 Å². The average Bonchev–Trinajstić information content (AvgIpc) is 2.03. The molecule has 0 radical (unpaired) electrons. The molecule has 89 valence electrons. The van der Waals surface area contributed by atoms with Crippen LogP contribution in [0.2, 0.25) is 0 Å². The van der Waals surface area contributed by atoms with E-state index in [9.17, 15) is 0 Å². The maximum absolute atomic E-state index is 8.48. The van der Waals surface area contributed by atoms with Crippen LogP contribution in [-0.4, -0.2) is 17.0 Å². The Hall–Kier alpha value is 0.480. The summed E-state index contributed by atoms with van der Waals surface area (Å²) in [7, 11) is 0. The van der Waals surface area contributed by atoms with Crippen molar-refractivity contribution in [3.8, 4) is 0 Å². The molecule has 0 rings (SSSR count). The van der Waals surface area contributed by atoms with Crippen LogP contribution in [0, 0.1) is 0 Å². The van der Waals surface area contributed by atoms with Crippen LogP contribution in [0.5, 0.6) is 0 Å². The molecule has 3 nitrogen and oxygen atoms in total. The molecule has 0 unspecified atom stereocenters. The van der Waals surface area contributed by atoms with Crippen LogP contribution in [0.25, 0.3) is 10.4 Å². The average molecular weight is 400 g/mol. The predicted molar refractivity (Wildman–Crippen MR) is 62.9 cm³/mol. The van der Waals surface area contributed by atoms with E-state index in [4.69, 9.17) is 5.53 Å². The van der Waals surface area contributed by atoms with Gasteiger partial charge in [-0.3, -0.25) is 0 Å². The molecule has 0 saturated heterocycles. The van der Waals surface area contributed by atoms with Crippen molar-refractivity contribution >= 4 is 5.15 Å². The summed E-state index contributed by atoms with van der Waals surface area (Å²) in [5, 5.41) is -1.37. The van der Waals surface area contributed by atoms with Gasteiger partial charge in [-0.05, 0) is 0 Å². The fraction of sp³-hybridized carbons (Fsp3) is 1.00. The summed E-state index contributed by atoms with van der Waals surface area (Å²) >= 11 is -0.180. The fourth-order valence-electron chi connectivity index (χ4n) is 2.30. The van der Waals surface area contributed by atoms with Crippen molar-refractivity contribution in [2.24, 2.45) is 3.52 Å². The second-order valence-corrected chi connectivity index (χ2v) is 17.1. The second-order valence-electron chi connectivity index (χ2n) is 4.44. The van der Waals surface area contributed by atoms with Gasteiger partial charge in [0.2, 0.25) is 0 Å². The van der Waals surface area contributed by atoms with Crippen LogP contribution < -0.4 is 0 Å². The Morgan fingerprint density at radius 2 is 1.36 bits per heavy atom. The molecule has 0 saturated carbocycles. The van der Waals surface area contributed by atoms with E-state index in [0.29, 0.717) is 0 Å². The minimum absolute atomic E-state index is 0.180. The number of nitrogens with zero attached hydrogens (tertiary/aromatic N) is 3. The van der Waals surface area contributed by atoms with Gasteiger partial charge in [0.1, 0.15) is 0 Å². The van der Waals surface area contributed by atoms with Crippen molar-refractivity contribution in [1.82, 2.24) is 0 Å². The fourth-order valence-corrected chi connectivity index (χ4v) is 13.3. The van der Waals surface area contributed by atoms with Crippen molar-refractivity contribution in [3.05, 3.63) is 10.4 Å². The Bertz CT molecular complexity index is 200. The van der Waals surface area contributed by atoms with E-state index in [1.165, 1.54) is 0 Å². The predicted octanol–water partition coefficient (Wildman–Crippen LogP) is 4.18. The monoisotopic (exact) mass is 400 g/mol. The molecule has 0 atom stereocenters. The molecule has 5 heteroatoms. The third-order valence-electron chi connectivity index (χ3n) is 2.70. The van der Waals surface area contributed by atoms with Gasteiger partial charge in [-0.15, -0.1) is 0 Å². The third kappa shape index (κ3) is 2.98. The van der Waals surface area contributed by atoms with Crippen molar-refractivity contribution in [3.63, 3.8) is 0 Å². The first-order valence-corrected chi connectivity index (χ1v) is 11.3. The summed E-state index contributed by atoms with van der Waals surface area (Å²) in [6.45, 7) is 13.8. The van der Waals surface area contributed by atoms with Crippen molar-refractivity contribution in [2.75, 3.05) is 0 Å². The van der Waals surface area contributed by atoms with Gasteiger partial charge in [0.25, 0.3) is 0 Å². The summed E-state index contributed by atoms with van der Waals surface area (Å²) in [6, 6.07) is 0. The van der Waals surface area contributed by atoms with Gasteiger partial charge in [-0.1, -0.05) is 0 Å². The number of hydrogen-bond donors (Lipinski definition) is 0. The first-order chi connectivity index (χ1) is 6.39. The Labute approximate surface area is 97.0 Å². The van der Waals surface area contributed by atoms with E-state index < -0.39 is 5.15 Å². The molecule has 0 spiro atoms. The van der Waals surface area contributed by atoms with Gasteiger partial charge in [-0.25, -0.2) is 0 Å². The molecule has 0 aliphatic rings. The Morgan fingerprint density at radius 3 is 1.57 bits per heavy atom. The molecule has 0 aromatic carbocycles. The standard InChI is InChI=1S/C9H21P.Au.N3/c1-7(2)10(8(3)4)9(5)6;;1-3-2/h7-9H,1-6H3;;/q;;-1/p+1. The Kier molecular flexibility index (Phi) is 6.36. The summed E-state index contributed by atoms with van der Waals surface area (Å²) in [4.78, 5) is 2.97. The van der Waals surface area contributed by atoms with Gasteiger partial charge in [0, 0.05) is 0 Å². The van der Waals surface area contributed by atoms with Gasteiger partial charge in [0.15, 0.2) is 0 Å². The summed E-state index contributed by atoms with van der Waals surface area (Å²) in [5.74, 6) is 0. The Morgan fingerprint density at radius 1 is 1.00 bits per heavy atom. The normalized spacial score (nSPS) is 13.8. The molecule has 0 amide bonds. The molecule has 0 aliphatic carbocycles. The molecule has 0 aliphatic heterocycles. The zero-order chi connectivity index (χ0) is 11.4. The van der Waals surface area contributed by atoms with Crippen LogP contribution in [0.1, 0.15) is 41.5 Å². The molecule has 0 bridgehead atoms. The zero-order valence-corrected chi connectivity index (χ0v) is 13.0. The molecule has 0 aromatic rings. The quantitative estimate of drug-likeness (QED) is 0.219. The van der Waals surface area contributed by atoms with Crippen molar-refractivity contribution < 1.29 is 19.5 Å². The Balaban J connectivity index is 5.04. The maximum atomic E-state index is 8.48. The van der Waals surface area contributed by atoms with Crippen LogP contribution in [0.4, 0.5) is 0 Å². The van der Waals surface area contributed by atoms with E-state index in [1.807, 2.05) is 0 Å². The van der Waals surface area contributed by atoms with E-state index in [2.05, 4.69) is 50.0 Å².